The highest BCUT2D eigenvalue weighted by molar-refractivity contribution is 7.98. The summed E-state index contributed by atoms with van der Waals surface area (Å²) in [5, 5.41) is 16.4. The molecular formula is C19H21N3O4S. The van der Waals surface area contributed by atoms with Crippen molar-refractivity contribution in [2.75, 3.05) is 24.7 Å². The van der Waals surface area contributed by atoms with Gasteiger partial charge in [-0.2, -0.15) is 0 Å². The van der Waals surface area contributed by atoms with Gasteiger partial charge in [-0.3, -0.25) is 19.7 Å². The number of benzene rings is 2. The maximum absolute atomic E-state index is 12.1. The van der Waals surface area contributed by atoms with E-state index >= 15 is 0 Å². The quantitative estimate of drug-likeness (QED) is 0.213. The number of nitro groups is 1. The molecule has 0 aromatic heterocycles. The average molecular weight is 387 g/mol. The van der Waals surface area contributed by atoms with E-state index in [1.807, 2.05) is 18.4 Å². The van der Waals surface area contributed by atoms with Crippen molar-refractivity contribution in [1.82, 2.24) is 5.32 Å². The van der Waals surface area contributed by atoms with Gasteiger partial charge in [0.1, 0.15) is 0 Å². The van der Waals surface area contributed by atoms with Gasteiger partial charge in [-0.15, -0.1) is 11.8 Å². The molecule has 0 aliphatic heterocycles. The molecule has 142 valence electrons. The number of nitrogens with one attached hydrogen (secondary N) is 2. The third-order valence-corrected chi connectivity index (χ3v) is 4.59. The molecule has 8 heteroatoms. The minimum absolute atomic E-state index is 0.0293. The highest BCUT2D eigenvalue weighted by Gasteiger charge is 2.09. The first-order valence-corrected chi connectivity index (χ1v) is 9.64. The van der Waals surface area contributed by atoms with Gasteiger partial charge in [0.2, 0.25) is 5.91 Å². The fourth-order valence-corrected chi connectivity index (χ4v) is 2.75. The summed E-state index contributed by atoms with van der Waals surface area (Å²) in [7, 11) is 0. The summed E-state index contributed by atoms with van der Waals surface area (Å²) in [5.74, 6) is -0.239. The lowest BCUT2D eigenvalue weighted by atomic mass is 10.1. The Labute approximate surface area is 161 Å². The van der Waals surface area contributed by atoms with Crippen LogP contribution < -0.4 is 10.6 Å². The van der Waals surface area contributed by atoms with E-state index in [1.54, 1.807) is 36.0 Å². The lowest BCUT2D eigenvalue weighted by Crippen LogP contribution is -2.29. The number of ketones is 1. The molecule has 2 rings (SSSR count). The Morgan fingerprint density at radius 3 is 2.26 bits per heavy atom. The fraction of sp³-hybridized carbons (Fsp3) is 0.263. The number of rotatable bonds is 10. The third kappa shape index (κ3) is 6.74. The van der Waals surface area contributed by atoms with Crippen molar-refractivity contribution in [1.29, 1.82) is 0 Å². The molecule has 0 bridgehead atoms. The molecule has 0 fully saturated rings. The first-order valence-electron chi connectivity index (χ1n) is 8.42. The Morgan fingerprint density at radius 1 is 1.00 bits per heavy atom. The molecule has 7 nitrogen and oxygen atoms in total. The van der Waals surface area contributed by atoms with Crippen LogP contribution in [-0.4, -0.2) is 36.0 Å². The van der Waals surface area contributed by atoms with Crippen LogP contribution in [0.2, 0.25) is 0 Å². The number of nitrogens with zero attached hydrogens (tertiary/aromatic N) is 1. The summed E-state index contributed by atoms with van der Waals surface area (Å²) in [6.45, 7) is 0.875. The number of Topliss-reactive ketones (excluding diaryl/α,β-unsaturated/α-hetero) is 1. The van der Waals surface area contributed by atoms with Gasteiger partial charge in [0.25, 0.3) is 5.69 Å². The molecule has 2 aromatic rings. The van der Waals surface area contributed by atoms with E-state index in [0.717, 1.165) is 10.6 Å². The molecular weight excluding hydrogens is 366 g/mol. The molecule has 0 saturated carbocycles. The number of amides is 1. The zero-order valence-corrected chi connectivity index (χ0v) is 15.8. The van der Waals surface area contributed by atoms with Crippen molar-refractivity contribution in [3.63, 3.8) is 0 Å². The Bertz CT molecular complexity index is 792. The lowest BCUT2D eigenvalue weighted by Gasteiger charge is -2.08. The number of hydrogen-bond acceptors (Lipinski definition) is 6. The van der Waals surface area contributed by atoms with Gasteiger partial charge in [-0.05, 0) is 30.5 Å². The molecule has 1 amide bonds. The van der Waals surface area contributed by atoms with Crippen LogP contribution in [-0.2, 0) is 4.79 Å². The van der Waals surface area contributed by atoms with Crippen LogP contribution in [0.25, 0.3) is 0 Å². The standard InChI is InChI=1S/C19H21N3O4S/c1-27-17-8-2-14(3-9-17)18(23)10-11-19(24)21-13-12-20-15-4-6-16(7-5-15)22(25)26/h2-9,20H,10-13H2,1H3,(H,21,24). The first kappa shape index (κ1) is 20.4. The number of non-ortho nitro benzene ring substituents is 1. The monoisotopic (exact) mass is 387 g/mol. The van der Waals surface area contributed by atoms with E-state index in [1.165, 1.54) is 12.1 Å². The summed E-state index contributed by atoms with van der Waals surface area (Å²) in [6, 6.07) is 13.4. The minimum Gasteiger partial charge on any atom is -0.383 e. The number of hydrogen-bond donors (Lipinski definition) is 2. The fourth-order valence-electron chi connectivity index (χ4n) is 2.35. The maximum Gasteiger partial charge on any atom is 0.269 e. The number of anilines is 1. The average Bonchev–Trinajstić information content (AvgIpc) is 2.69. The summed E-state index contributed by atoms with van der Waals surface area (Å²) >= 11 is 1.61. The molecule has 0 radical (unpaired) electrons. The maximum atomic E-state index is 12.1. The molecule has 0 spiro atoms. The Balaban J connectivity index is 1.65. The van der Waals surface area contributed by atoms with Crippen LogP contribution in [0.4, 0.5) is 11.4 Å². The first-order chi connectivity index (χ1) is 13.0. The van der Waals surface area contributed by atoms with Crippen molar-refractivity contribution in [3.8, 4) is 0 Å². The molecule has 0 aliphatic rings. The van der Waals surface area contributed by atoms with Crippen LogP contribution in [0.15, 0.2) is 53.4 Å². The van der Waals surface area contributed by atoms with E-state index in [4.69, 9.17) is 0 Å². The summed E-state index contributed by atoms with van der Waals surface area (Å²) < 4.78 is 0. The van der Waals surface area contributed by atoms with E-state index < -0.39 is 4.92 Å². The molecule has 0 aliphatic carbocycles. The Morgan fingerprint density at radius 2 is 1.67 bits per heavy atom. The Kier molecular flexibility index (Phi) is 7.81. The van der Waals surface area contributed by atoms with Crippen molar-refractivity contribution in [2.45, 2.75) is 17.7 Å². The van der Waals surface area contributed by atoms with Gasteiger partial charge >= 0.3 is 0 Å². The molecule has 0 saturated heterocycles. The van der Waals surface area contributed by atoms with E-state index in [2.05, 4.69) is 10.6 Å². The summed E-state index contributed by atoms with van der Waals surface area (Å²) in [5.41, 5.74) is 1.38. The highest BCUT2D eigenvalue weighted by atomic mass is 32.2. The molecule has 2 aromatic carbocycles. The van der Waals surface area contributed by atoms with Gasteiger partial charge in [0.15, 0.2) is 5.78 Å². The van der Waals surface area contributed by atoms with E-state index in [-0.39, 0.29) is 30.2 Å². The highest BCUT2D eigenvalue weighted by Crippen LogP contribution is 2.16. The smallest absolute Gasteiger partial charge is 0.269 e. The SMILES string of the molecule is CSc1ccc(C(=O)CCC(=O)NCCNc2ccc([N+](=O)[O-])cc2)cc1. The summed E-state index contributed by atoms with van der Waals surface area (Å²) in [6.07, 6.45) is 2.28. The molecule has 0 atom stereocenters. The normalized spacial score (nSPS) is 10.3. The Hall–Kier alpha value is -2.87. The lowest BCUT2D eigenvalue weighted by molar-refractivity contribution is -0.384. The van der Waals surface area contributed by atoms with Crippen LogP contribution in [0.3, 0.4) is 0 Å². The second kappa shape index (κ2) is 10.3. The molecule has 2 N–H and O–H groups in total. The van der Waals surface area contributed by atoms with Crippen LogP contribution in [0.1, 0.15) is 23.2 Å². The van der Waals surface area contributed by atoms with Gasteiger partial charge in [0.05, 0.1) is 4.92 Å². The summed E-state index contributed by atoms with van der Waals surface area (Å²) in [4.78, 5) is 35.2. The third-order valence-electron chi connectivity index (χ3n) is 3.85. The van der Waals surface area contributed by atoms with Crippen LogP contribution in [0, 0.1) is 10.1 Å². The minimum atomic E-state index is -0.456. The van der Waals surface area contributed by atoms with Gasteiger partial charge in [-0.1, -0.05) is 12.1 Å². The van der Waals surface area contributed by atoms with Gasteiger partial charge in [0, 0.05) is 54.2 Å². The zero-order valence-electron chi connectivity index (χ0n) is 14.9. The predicted octanol–water partition coefficient (Wildman–Crippen LogP) is 3.51. The molecule has 27 heavy (non-hydrogen) atoms. The van der Waals surface area contributed by atoms with Gasteiger partial charge in [-0.25, -0.2) is 0 Å². The largest absolute Gasteiger partial charge is 0.383 e. The van der Waals surface area contributed by atoms with E-state index in [9.17, 15) is 19.7 Å². The second-order valence-corrected chi connectivity index (χ2v) is 6.61. The van der Waals surface area contributed by atoms with E-state index in [0.29, 0.717) is 18.7 Å². The van der Waals surface area contributed by atoms with Crippen molar-refractivity contribution in [2.24, 2.45) is 0 Å². The second-order valence-electron chi connectivity index (χ2n) is 5.73. The predicted molar refractivity (Wildman–Crippen MR) is 106 cm³/mol. The van der Waals surface area contributed by atoms with Crippen LogP contribution >= 0.6 is 11.8 Å². The van der Waals surface area contributed by atoms with Crippen molar-refractivity contribution < 1.29 is 14.5 Å². The number of carbonyl (C=O) groups is 2. The zero-order chi connectivity index (χ0) is 19.6. The number of nitro benzene ring substituents is 1. The van der Waals surface area contributed by atoms with Crippen LogP contribution in [0.5, 0.6) is 0 Å². The topological polar surface area (TPSA) is 101 Å². The van der Waals surface area contributed by atoms with Gasteiger partial charge < -0.3 is 10.6 Å². The number of thioether (sulfide) groups is 1. The number of carbonyl (C=O) groups excluding carboxylic acids is 2. The van der Waals surface area contributed by atoms with Crippen molar-refractivity contribution in [3.05, 3.63) is 64.2 Å². The molecule has 0 heterocycles. The van der Waals surface area contributed by atoms with Crippen molar-refractivity contribution >= 4 is 34.8 Å². The molecule has 0 unspecified atom stereocenters.